The molecule has 2 aromatic carbocycles. The lowest BCUT2D eigenvalue weighted by Gasteiger charge is -2.41. The largest absolute Gasteiger partial charge is 0.496 e. The number of methoxy groups -OCH3 is 1. The number of nitrogens with two attached hydrogens (primary N) is 1. The Balaban J connectivity index is 1.32. The number of ether oxygens (including phenoxy) is 1. The van der Waals surface area contributed by atoms with Crippen molar-refractivity contribution in [1.82, 2.24) is 24.7 Å². The van der Waals surface area contributed by atoms with Gasteiger partial charge in [0.1, 0.15) is 23.2 Å². The van der Waals surface area contributed by atoms with Crippen LogP contribution < -0.4 is 30.5 Å². The van der Waals surface area contributed by atoms with Crippen molar-refractivity contribution in [2.75, 3.05) is 37.8 Å². The number of amides is 1. The Labute approximate surface area is 239 Å². The molecule has 12 nitrogen and oxygen atoms in total. The molecule has 0 bridgehead atoms. The van der Waals surface area contributed by atoms with Crippen molar-refractivity contribution in [2.24, 2.45) is 0 Å². The summed E-state index contributed by atoms with van der Waals surface area (Å²) < 4.78 is 36.0. The summed E-state index contributed by atoms with van der Waals surface area (Å²) in [6.45, 7) is 0.730. The van der Waals surface area contributed by atoms with Crippen molar-refractivity contribution in [3.05, 3.63) is 77.5 Å². The first-order valence-corrected chi connectivity index (χ1v) is 14.7. The van der Waals surface area contributed by atoms with Crippen LogP contribution in [0.25, 0.3) is 0 Å². The van der Waals surface area contributed by atoms with E-state index in [1.807, 2.05) is 30.3 Å². The minimum absolute atomic E-state index is 0.0514. The highest BCUT2D eigenvalue weighted by Crippen LogP contribution is 2.39. The normalized spacial score (nSPS) is 18.7. The third-order valence-corrected chi connectivity index (χ3v) is 8.46. The summed E-state index contributed by atoms with van der Waals surface area (Å²) in [7, 11) is -2.22. The van der Waals surface area contributed by atoms with Gasteiger partial charge in [0.15, 0.2) is 0 Å². The first kappa shape index (κ1) is 29.7. The number of carbonyl (C=O) groups excluding carboxylic acids is 1. The Morgan fingerprint density at radius 3 is 2.51 bits per heavy atom. The number of nitrogens with zero attached hydrogens (tertiary/aromatic N) is 3. The molecule has 4 rings (SSSR count). The Morgan fingerprint density at radius 1 is 1.12 bits per heavy atom. The molecule has 0 unspecified atom stereocenters. The van der Waals surface area contributed by atoms with Crippen LogP contribution in [0.15, 0.2) is 60.8 Å². The highest BCUT2D eigenvalue weighted by molar-refractivity contribution is 7.87. The number of rotatable bonds is 12. The SMILES string of the molecule is COc1ccccc1C(=O)NCC1(c2ccccc2)CCC(NS(=O)(=O)NCCNc2ncc(C#N)c(N)n2)CC1. The van der Waals surface area contributed by atoms with Crippen molar-refractivity contribution in [2.45, 2.75) is 37.1 Å². The Morgan fingerprint density at radius 2 is 1.83 bits per heavy atom. The topological polar surface area (TPSA) is 184 Å². The fourth-order valence-corrected chi connectivity index (χ4v) is 6.14. The molecule has 0 atom stereocenters. The summed E-state index contributed by atoms with van der Waals surface area (Å²) in [4.78, 5) is 21.0. The summed E-state index contributed by atoms with van der Waals surface area (Å²) >= 11 is 0. The second kappa shape index (κ2) is 13.4. The second-order valence-electron chi connectivity index (χ2n) is 9.85. The van der Waals surface area contributed by atoms with E-state index in [1.165, 1.54) is 13.3 Å². The van der Waals surface area contributed by atoms with Crippen molar-refractivity contribution in [3.63, 3.8) is 0 Å². The van der Waals surface area contributed by atoms with Crippen LogP contribution in [0.1, 0.15) is 47.2 Å². The van der Waals surface area contributed by atoms with Crippen LogP contribution in [0.4, 0.5) is 11.8 Å². The van der Waals surface area contributed by atoms with Gasteiger partial charge in [-0.05, 0) is 43.4 Å². The van der Waals surface area contributed by atoms with Crippen molar-refractivity contribution < 1.29 is 17.9 Å². The van der Waals surface area contributed by atoms with Crippen LogP contribution in [0.5, 0.6) is 5.75 Å². The van der Waals surface area contributed by atoms with Crippen LogP contribution in [-0.2, 0) is 15.6 Å². The van der Waals surface area contributed by atoms with Gasteiger partial charge < -0.3 is 21.1 Å². The van der Waals surface area contributed by atoms with Gasteiger partial charge in [0.05, 0.1) is 18.9 Å². The molecule has 6 N–H and O–H groups in total. The summed E-state index contributed by atoms with van der Waals surface area (Å²) in [5.41, 5.74) is 7.09. The molecular formula is C28H34N8O4S. The predicted molar refractivity (Wildman–Crippen MR) is 155 cm³/mol. The van der Waals surface area contributed by atoms with Crippen LogP contribution in [0.3, 0.4) is 0 Å². The highest BCUT2D eigenvalue weighted by Gasteiger charge is 2.38. The smallest absolute Gasteiger partial charge is 0.277 e. The zero-order chi connectivity index (χ0) is 29.3. The minimum atomic E-state index is -3.76. The van der Waals surface area contributed by atoms with Gasteiger partial charge in [-0.15, -0.1) is 0 Å². The number of nitriles is 1. The maximum Gasteiger partial charge on any atom is 0.277 e. The van der Waals surface area contributed by atoms with Gasteiger partial charge in [0, 0.05) is 31.1 Å². The number of para-hydroxylation sites is 1. The molecule has 1 aliphatic rings. The molecule has 0 aliphatic heterocycles. The zero-order valence-corrected chi connectivity index (χ0v) is 23.6. The van der Waals surface area contributed by atoms with Crippen LogP contribution in [-0.4, -0.2) is 57.1 Å². The molecule has 1 amide bonds. The first-order chi connectivity index (χ1) is 19.7. The van der Waals surface area contributed by atoms with E-state index < -0.39 is 10.2 Å². The fraction of sp³-hybridized carbons (Fsp3) is 0.357. The molecule has 41 heavy (non-hydrogen) atoms. The third-order valence-electron chi connectivity index (χ3n) is 7.23. The van der Waals surface area contributed by atoms with Gasteiger partial charge in [0.2, 0.25) is 5.95 Å². The van der Waals surface area contributed by atoms with Gasteiger partial charge >= 0.3 is 0 Å². The Bertz CT molecular complexity index is 1490. The molecular weight excluding hydrogens is 544 g/mol. The first-order valence-electron chi connectivity index (χ1n) is 13.3. The van der Waals surface area contributed by atoms with Gasteiger partial charge in [-0.25, -0.2) is 9.71 Å². The van der Waals surface area contributed by atoms with Crippen molar-refractivity contribution in [3.8, 4) is 11.8 Å². The molecule has 1 aliphatic carbocycles. The van der Waals surface area contributed by atoms with Gasteiger partial charge in [0.25, 0.3) is 16.1 Å². The van der Waals surface area contributed by atoms with Crippen molar-refractivity contribution >= 4 is 27.9 Å². The maximum absolute atomic E-state index is 13.0. The lowest BCUT2D eigenvalue weighted by Crippen LogP contribution is -2.49. The Kier molecular flexibility index (Phi) is 9.72. The summed E-state index contributed by atoms with van der Waals surface area (Å²) in [6, 6.07) is 18.7. The highest BCUT2D eigenvalue weighted by atomic mass is 32.2. The standard InChI is InChI=1S/C28H34N8O4S/c1-40-24-10-6-5-9-23(24)26(37)33-19-28(21-7-3-2-4-8-21)13-11-22(12-14-28)36-41(38,39)34-16-15-31-27-32-18-20(17-29)25(30)35-27/h2-10,18,22,34,36H,11-16,19H2,1H3,(H,33,37)(H3,30,31,32,35). The predicted octanol–water partition coefficient (Wildman–Crippen LogP) is 2.09. The molecule has 1 saturated carbocycles. The van der Waals surface area contributed by atoms with E-state index in [0.29, 0.717) is 43.5 Å². The van der Waals surface area contributed by atoms with E-state index in [4.69, 9.17) is 15.7 Å². The number of anilines is 2. The molecule has 1 fully saturated rings. The average molecular weight is 579 g/mol. The van der Waals surface area contributed by atoms with E-state index in [2.05, 4.69) is 42.2 Å². The van der Waals surface area contributed by atoms with Crippen LogP contribution in [0.2, 0.25) is 0 Å². The Hall–Kier alpha value is -4.25. The van der Waals surface area contributed by atoms with E-state index in [0.717, 1.165) is 5.56 Å². The molecule has 1 aromatic heterocycles. The van der Waals surface area contributed by atoms with E-state index in [-0.39, 0.29) is 47.8 Å². The number of aromatic nitrogens is 2. The second-order valence-corrected chi connectivity index (χ2v) is 11.4. The number of nitrogens with one attached hydrogen (secondary N) is 4. The lowest BCUT2D eigenvalue weighted by atomic mass is 9.68. The summed E-state index contributed by atoms with van der Waals surface area (Å²) in [5.74, 6) is 0.548. The maximum atomic E-state index is 13.0. The minimum Gasteiger partial charge on any atom is -0.496 e. The summed E-state index contributed by atoms with van der Waals surface area (Å²) in [5, 5.41) is 14.9. The lowest BCUT2D eigenvalue weighted by molar-refractivity contribution is 0.0932. The summed E-state index contributed by atoms with van der Waals surface area (Å²) in [6.07, 6.45) is 3.90. The number of benzene rings is 2. The van der Waals surface area contributed by atoms with E-state index in [1.54, 1.807) is 18.2 Å². The van der Waals surface area contributed by atoms with Crippen LogP contribution >= 0.6 is 0 Å². The molecule has 0 radical (unpaired) electrons. The number of hydrogen-bond acceptors (Lipinski definition) is 9. The van der Waals surface area contributed by atoms with Crippen LogP contribution in [0, 0.1) is 11.3 Å². The van der Waals surface area contributed by atoms with Gasteiger partial charge in [-0.2, -0.15) is 23.4 Å². The van der Waals surface area contributed by atoms with Gasteiger partial charge in [-0.3, -0.25) is 4.79 Å². The zero-order valence-electron chi connectivity index (χ0n) is 22.8. The monoisotopic (exact) mass is 578 g/mol. The average Bonchev–Trinajstić information content (AvgIpc) is 2.99. The molecule has 0 saturated heterocycles. The molecule has 13 heteroatoms. The van der Waals surface area contributed by atoms with E-state index >= 15 is 0 Å². The number of carbonyl (C=O) groups is 1. The third kappa shape index (κ3) is 7.69. The van der Waals surface area contributed by atoms with Gasteiger partial charge in [-0.1, -0.05) is 42.5 Å². The van der Waals surface area contributed by atoms with Crippen molar-refractivity contribution in [1.29, 1.82) is 5.26 Å². The quantitative estimate of drug-likeness (QED) is 0.201. The molecule has 0 spiro atoms. The molecule has 3 aromatic rings. The van der Waals surface area contributed by atoms with E-state index in [9.17, 15) is 13.2 Å². The number of hydrogen-bond donors (Lipinski definition) is 5. The molecule has 216 valence electrons. The molecule has 1 heterocycles. The fourth-order valence-electron chi connectivity index (χ4n) is 5.01. The number of nitrogen functional groups attached to an aromatic ring is 1.